The third-order valence-corrected chi connectivity index (χ3v) is 2.09. The first-order valence-electron chi connectivity index (χ1n) is 4.47. The third-order valence-electron chi connectivity index (χ3n) is 2.09. The van der Waals surface area contributed by atoms with E-state index in [1.165, 1.54) is 19.1 Å². The molecule has 0 radical (unpaired) electrons. The van der Waals surface area contributed by atoms with Crippen molar-refractivity contribution in [3.05, 3.63) is 29.8 Å². The summed E-state index contributed by atoms with van der Waals surface area (Å²) in [6, 6.07) is 8.20. The minimum Gasteiger partial charge on any atom is -0.508 e. The quantitative estimate of drug-likeness (QED) is 0.761. The van der Waals surface area contributed by atoms with Crippen LogP contribution in [0.3, 0.4) is 0 Å². The van der Waals surface area contributed by atoms with Crippen LogP contribution in [0, 0.1) is 11.3 Å². The summed E-state index contributed by atoms with van der Waals surface area (Å²) in [6.07, 6.45) is 0. The number of nitrogens with zero attached hydrogens (tertiary/aromatic N) is 1. The monoisotopic (exact) mass is 204 g/mol. The van der Waals surface area contributed by atoms with Crippen LogP contribution in [0.1, 0.15) is 19.4 Å². The van der Waals surface area contributed by atoms with Gasteiger partial charge in [0.05, 0.1) is 6.07 Å². The zero-order valence-electron chi connectivity index (χ0n) is 8.61. The van der Waals surface area contributed by atoms with Gasteiger partial charge >= 0.3 is 0 Å². The lowest BCUT2D eigenvalue weighted by Gasteiger charge is -2.22. The van der Waals surface area contributed by atoms with E-state index in [0.29, 0.717) is 5.56 Å². The molecule has 2 N–H and O–H groups in total. The summed E-state index contributed by atoms with van der Waals surface area (Å²) in [5.74, 6) is -0.144. The molecule has 4 heteroatoms. The number of nitrogens with one attached hydrogen (secondary N) is 1. The minimum absolute atomic E-state index is 0.127. The minimum atomic E-state index is -1.06. The van der Waals surface area contributed by atoms with Gasteiger partial charge in [-0.2, -0.15) is 5.26 Å². The van der Waals surface area contributed by atoms with Crippen molar-refractivity contribution < 1.29 is 9.90 Å². The van der Waals surface area contributed by atoms with Crippen LogP contribution in [-0.2, 0) is 10.3 Å². The Balaban J connectivity index is 3.07. The summed E-state index contributed by atoms with van der Waals surface area (Å²) >= 11 is 0. The van der Waals surface area contributed by atoms with Gasteiger partial charge in [0.25, 0.3) is 0 Å². The zero-order chi connectivity index (χ0) is 11.5. The summed E-state index contributed by atoms with van der Waals surface area (Å²) < 4.78 is 0. The maximum atomic E-state index is 10.9. The van der Waals surface area contributed by atoms with Gasteiger partial charge in [-0.25, -0.2) is 0 Å². The Bertz CT molecular complexity index is 406. The first-order valence-corrected chi connectivity index (χ1v) is 4.47. The van der Waals surface area contributed by atoms with Crippen molar-refractivity contribution in [2.24, 2.45) is 0 Å². The number of carbonyl (C=O) groups is 1. The number of benzene rings is 1. The topological polar surface area (TPSA) is 73.1 Å². The van der Waals surface area contributed by atoms with Crippen molar-refractivity contribution in [3.63, 3.8) is 0 Å². The van der Waals surface area contributed by atoms with Gasteiger partial charge in [0, 0.05) is 6.92 Å². The number of amides is 1. The standard InChI is InChI=1S/C11H12N2O2/c1-8(14)13-11(2,7-12)9-3-5-10(15)6-4-9/h3-6,15H,1-2H3,(H,13,14). The highest BCUT2D eigenvalue weighted by atomic mass is 16.3. The van der Waals surface area contributed by atoms with Crippen LogP contribution in [0.2, 0.25) is 0 Å². The summed E-state index contributed by atoms with van der Waals surface area (Å²) in [4.78, 5) is 10.9. The molecule has 0 aliphatic carbocycles. The van der Waals surface area contributed by atoms with Crippen molar-refractivity contribution in [2.45, 2.75) is 19.4 Å². The van der Waals surface area contributed by atoms with Gasteiger partial charge in [-0.05, 0) is 24.6 Å². The highest BCUT2D eigenvalue weighted by molar-refractivity contribution is 5.74. The molecule has 0 saturated carbocycles. The van der Waals surface area contributed by atoms with Gasteiger partial charge in [-0.15, -0.1) is 0 Å². The van der Waals surface area contributed by atoms with Gasteiger partial charge in [0.2, 0.25) is 5.91 Å². The van der Waals surface area contributed by atoms with E-state index in [1.807, 2.05) is 6.07 Å². The van der Waals surface area contributed by atoms with Crippen LogP contribution < -0.4 is 5.32 Å². The zero-order valence-corrected chi connectivity index (χ0v) is 8.61. The van der Waals surface area contributed by atoms with Crippen LogP contribution in [0.15, 0.2) is 24.3 Å². The molecule has 0 heterocycles. The molecule has 0 fully saturated rings. The Kier molecular flexibility index (Phi) is 2.96. The molecule has 1 atom stereocenters. The number of nitriles is 1. The molecule has 1 amide bonds. The molecule has 4 nitrogen and oxygen atoms in total. The largest absolute Gasteiger partial charge is 0.508 e. The van der Waals surface area contributed by atoms with Crippen LogP contribution in [0.5, 0.6) is 5.75 Å². The van der Waals surface area contributed by atoms with Gasteiger partial charge in [0.1, 0.15) is 11.3 Å². The lowest BCUT2D eigenvalue weighted by molar-refractivity contribution is -0.120. The fraction of sp³-hybridized carbons (Fsp3) is 0.273. The van der Waals surface area contributed by atoms with Gasteiger partial charge < -0.3 is 10.4 Å². The number of phenols is 1. The van der Waals surface area contributed by atoms with E-state index < -0.39 is 5.54 Å². The number of phenolic OH excluding ortho intramolecular Hbond substituents is 1. The molecule has 0 bridgehead atoms. The van der Waals surface area contributed by atoms with Crippen molar-refractivity contribution in [3.8, 4) is 11.8 Å². The fourth-order valence-corrected chi connectivity index (χ4v) is 1.31. The third kappa shape index (κ3) is 2.47. The maximum Gasteiger partial charge on any atom is 0.218 e. The smallest absolute Gasteiger partial charge is 0.218 e. The van der Waals surface area contributed by atoms with E-state index in [9.17, 15) is 4.79 Å². The number of hydrogen-bond donors (Lipinski definition) is 2. The van der Waals surface area contributed by atoms with E-state index >= 15 is 0 Å². The summed E-state index contributed by atoms with van der Waals surface area (Å²) in [6.45, 7) is 2.97. The maximum absolute atomic E-state index is 10.9. The predicted octanol–water partition coefficient (Wildman–Crippen LogP) is 1.27. The highest BCUT2D eigenvalue weighted by Crippen LogP contribution is 2.21. The molecule has 1 unspecified atom stereocenters. The van der Waals surface area contributed by atoms with Crippen LogP contribution in [0.25, 0.3) is 0 Å². The Morgan fingerprint density at radius 1 is 1.47 bits per heavy atom. The molecule has 0 aliphatic rings. The molecule has 78 valence electrons. The molecule has 0 aliphatic heterocycles. The molecular formula is C11H12N2O2. The van der Waals surface area contributed by atoms with Crippen molar-refractivity contribution in [2.75, 3.05) is 0 Å². The number of aromatic hydroxyl groups is 1. The van der Waals surface area contributed by atoms with Crippen LogP contribution in [0.4, 0.5) is 0 Å². The van der Waals surface area contributed by atoms with E-state index in [1.54, 1.807) is 19.1 Å². The SMILES string of the molecule is CC(=O)NC(C)(C#N)c1ccc(O)cc1. The highest BCUT2D eigenvalue weighted by Gasteiger charge is 2.26. The summed E-state index contributed by atoms with van der Waals surface area (Å²) in [5, 5.41) is 20.7. The van der Waals surface area contributed by atoms with E-state index in [4.69, 9.17) is 10.4 Å². The fourth-order valence-electron chi connectivity index (χ4n) is 1.31. The summed E-state index contributed by atoms with van der Waals surface area (Å²) in [7, 11) is 0. The van der Waals surface area contributed by atoms with Crippen LogP contribution in [-0.4, -0.2) is 11.0 Å². The van der Waals surface area contributed by atoms with Crippen molar-refractivity contribution in [1.29, 1.82) is 5.26 Å². The molecule has 0 aromatic heterocycles. The second-order valence-corrected chi connectivity index (χ2v) is 3.46. The number of carbonyl (C=O) groups excluding carboxylic acids is 1. The lowest BCUT2D eigenvalue weighted by Crippen LogP contribution is -2.41. The molecular weight excluding hydrogens is 192 g/mol. The Hall–Kier alpha value is -2.02. The van der Waals surface area contributed by atoms with Crippen molar-refractivity contribution >= 4 is 5.91 Å². The average Bonchev–Trinajstić information content (AvgIpc) is 2.17. The predicted molar refractivity (Wildman–Crippen MR) is 54.9 cm³/mol. The molecule has 1 aromatic rings. The summed E-state index contributed by atoms with van der Waals surface area (Å²) in [5.41, 5.74) is -0.419. The Morgan fingerprint density at radius 3 is 2.40 bits per heavy atom. The Morgan fingerprint density at radius 2 is 2.00 bits per heavy atom. The molecule has 15 heavy (non-hydrogen) atoms. The number of rotatable bonds is 2. The van der Waals surface area contributed by atoms with Gasteiger partial charge in [-0.3, -0.25) is 4.79 Å². The number of hydrogen-bond acceptors (Lipinski definition) is 3. The molecule has 1 rings (SSSR count). The van der Waals surface area contributed by atoms with E-state index in [2.05, 4.69) is 5.32 Å². The Labute approximate surface area is 88.2 Å². The first-order chi connectivity index (χ1) is 6.98. The van der Waals surface area contributed by atoms with Gasteiger partial charge in [-0.1, -0.05) is 12.1 Å². The van der Waals surface area contributed by atoms with E-state index in [-0.39, 0.29) is 11.7 Å². The van der Waals surface area contributed by atoms with Crippen molar-refractivity contribution in [1.82, 2.24) is 5.32 Å². The average molecular weight is 204 g/mol. The van der Waals surface area contributed by atoms with Crippen LogP contribution >= 0.6 is 0 Å². The second kappa shape index (κ2) is 4.01. The van der Waals surface area contributed by atoms with E-state index in [0.717, 1.165) is 0 Å². The molecule has 1 aromatic carbocycles. The second-order valence-electron chi connectivity index (χ2n) is 3.46. The normalized spacial score (nSPS) is 13.7. The molecule has 0 saturated heterocycles. The molecule has 0 spiro atoms. The van der Waals surface area contributed by atoms with Gasteiger partial charge in [0.15, 0.2) is 0 Å². The lowest BCUT2D eigenvalue weighted by atomic mass is 9.93. The first kappa shape index (κ1) is 11.1.